The monoisotopic (exact) mass is 261 g/mol. The molecule has 3 nitrogen and oxygen atoms in total. The lowest BCUT2D eigenvalue weighted by Gasteiger charge is -2.24. The quantitative estimate of drug-likeness (QED) is 0.787. The molecule has 1 saturated carbocycles. The van der Waals surface area contributed by atoms with Crippen LogP contribution in [0, 0.1) is 5.92 Å². The van der Waals surface area contributed by atoms with Gasteiger partial charge in [0.2, 0.25) is 0 Å². The van der Waals surface area contributed by atoms with Crippen molar-refractivity contribution in [2.24, 2.45) is 5.92 Å². The van der Waals surface area contributed by atoms with Crippen LogP contribution in [0.15, 0.2) is 24.3 Å². The summed E-state index contributed by atoms with van der Waals surface area (Å²) in [5, 5.41) is 0. The van der Waals surface area contributed by atoms with Gasteiger partial charge in [0.15, 0.2) is 0 Å². The van der Waals surface area contributed by atoms with E-state index >= 15 is 0 Å². The predicted octanol–water partition coefficient (Wildman–Crippen LogP) is 3.09. The van der Waals surface area contributed by atoms with E-state index in [9.17, 15) is 4.79 Å². The van der Waals surface area contributed by atoms with E-state index in [-0.39, 0.29) is 5.91 Å². The number of ether oxygens (including phenoxy) is 1. The average molecular weight is 261 g/mol. The van der Waals surface area contributed by atoms with Gasteiger partial charge < -0.3 is 9.64 Å². The van der Waals surface area contributed by atoms with Crippen molar-refractivity contribution >= 4 is 5.91 Å². The molecule has 0 aliphatic heterocycles. The number of amides is 1. The lowest BCUT2D eigenvalue weighted by atomic mass is 10.1. The van der Waals surface area contributed by atoms with Crippen LogP contribution >= 0.6 is 0 Å². The van der Waals surface area contributed by atoms with E-state index in [0.29, 0.717) is 18.6 Å². The molecule has 0 bridgehead atoms. The molecule has 3 heteroatoms. The van der Waals surface area contributed by atoms with Crippen molar-refractivity contribution in [3.8, 4) is 0 Å². The molecule has 1 aromatic rings. The second-order valence-corrected chi connectivity index (χ2v) is 5.71. The molecular formula is C16H23NO2. The zero-order valence-electron chi connectivity index (χ0n) is 12.1. The maximum absolute atomic E-state index is 12.5. The summed E-state index contributed by atoms with van der Waals surface area (Å²) in [4.78, 5) is 14.6. The molecule has 0 atom stereocenters. The summed E-state index contributed by atoms with van der Waals surface area (Å²) in [7, 11) is 1.68. The third-order valence-corrected chi connectivity index (χ3v) is 3.32. The summed E-state index contributed by atoms with van der Waals surface area (Å²) in [6, 6.07) is 8.22. The summed E-state index contributed by atoms with van der Waals surface area (Å²) in [5.74, 6) is 0.678. The van der Waals surface area contributed by atoms with Crippen LogP contribution in [0.4, 0.5) is 0 Å². The van der Waals surface area contributed by atoms with Crippen LogP contribution in [-0.4, -0.2) is 30.5 Å². The number of rotatable bonds is 6. The molecule has 1 amide bonds. The fraction of sp³-hybridized carbons (Fsp3) is 0.562. The number of hydrogen-bond donors (Lipinski definition) is 0. The summed E-state index contributed by atoms with van der Waals surface area (Å²) >= 11 is 0. The lowest BCUT2D eigenvalue weighted by Crippen LogP contribution is -2.36. The van der Waals surface area contributed by atoms with Crippen LogP contribution in [0.1, 0.15) is 42.6 Å². The fourth-order valence-electron chi connectivity index (χ4n) is 2.25. The summed E-state index contributed by atoms with van der Waals surface area (Å²) in [6.45, 7) is 5.75. The second-order valence-electron chi connectivity index (χ2n) is 5.71. The summed E-state index contributed by atoms with van der Waals surface area (Å²) in [6.07, 6.45) is 2.31. The van der Waals surface area contributed by atoms with E-state index in [0.717, 1.165) is 30.5 Å². The highest BCUT2D eigenvalue weighted by molar-refractivity contribution is 5.94. The normalized spacial score (nSPS) is 14.7. The zero-order chi connectivity index (χ0) is 13.8. The van der Waals surface area contributed by atoms with Crippen molar-refractivity contribution in [3.63, 3.8) is 0 Å². The van der Waals surface area contributed by atoms with E-state index in [1.165, 1.54) is 0 Å². The predicted molar refractivity (Wildman–Crippen MR) is 76.1 cm³/mol. The Morgan fingerprint density at radius 1 is 1.32 bits per heavy atom. The standard InChI is InChI=1S/C16H23NO2/c1-12(2)10-17(15-8-9-15)16(18)14-6-4-13(5-7-14)11-19-3/h4-7,12,15H,8-11H2,1-3H3. The molecule has 0 N–H and O–H groups in total. The Morgan fingerprint density at radius 2 is 1.95 bits per heavy atom. The maximum Gasteiger partial charge on any atom is 0.254 e. The second kappa shape index (κ2) is 6.20. The summed E-state index contributed by atoms with van der Waals surface area (Å²) < 4.78 is 5.08. The number of nitrogens with zero attached hydrogens (tertiary/aromatic N) is 1. The molecule has 0 spiro atoms. The third kappa shape index (κ3) is 3.80. The molecule has 0 radical (unpaired) electrons. The van der Waals surface area contributed by atoms with Gasteiger partial charge in [0.05, 0.1) is 6.61 Å². The molecule has 2 rings (SSSR count). The molecule has 1 aliphatic carbocycles. The fourth-order valence-corrected chi connectivity index (χ4v) is 2.25. The minimum Gasteiger partial charge on any atom is -0.380 e. The average Bonchev–Trinajstić information content (AvgIpc) is 3.20. The number of methoxy groups -OCH3 is 1. The van der Waals surface area contributed by atoms with Gasteiger partial charge in [0.25, 0.3) is 5.91 Å². The Labute approximate surface area is 115 Å². The topological polar surface area (TPSA) is 29.5 Å². The lowest BCUT2D eigenvalue weighted by molar-refractivity contribution is 0.0722. The Balaban J connectivity index is 2.07. The summed E-state index contributed by atoms with van der Waals surface area (Å²) in [5.41, 5.74) is 1.88. The third-order valence-electron chi connectivity index (χ3n) is 3.32. The van der Waals surface area contributed by atoms with Crippen molar-refractivity contribution in [1.82, 2.24) is 4.90 Å². The van der Waals surface area contributed by atoms with Crippen LogP contribution in [0.3, 0.4) is 0 Å². The molecule has 0 heterocycles. The first-order chi connectivity index (χ1) is 9.11. The number of carbonyl (C=O) groups excluding carboxylic acids is 1. The molecule has 19 heavy (non-hydrogen) atoms. The van der Waals surface area contributed by atoms with Gasteiger partial charge in [-0.3, -0.25) is 4.79 Å². The molecule has 0 aromatic heterocycles. The molecule has 104 valence electrons. The molecule has 0 saturated heterocycles. The first kappa shape index (κ1) is 14.1. The minimum atomic E-state index is 0.167. The van der Waals surface area contributed by atoms with Gasteiger partial charge >= 0.3 is 0 Å². The SMILES string of the molecule is COCc1ccc(C(=O)N(CC(C)C)C2CC2)cc1. The van der Waals surface area contributed by atoms with E-state index in [4.69, 9.17) is 4.74 Å². The van der Waals surface area contributed by atoms with Gasteiger partial charge in [0, 0.05) is 25.3 Å². The Hall–Kier alpha value is -1.35. The van der Waals surface area contributed by atoms with Crippen molar-refractivity contribution in [1.29, 1.82) is 0 Å². The van der Waals surface area contributed by atoms with E-state index in [1.807, 2.05) is 29.2 Å². The highest BCUT2D eigenvalue weighted by Crippen LogP contribution is 2.29. The van der Waals surface area contributed by atoms with E-state index < -0.39 is 0 Å². The van der Waals surface area contributed by atoms with E-state index in [2.05, 4.69) is 13.8 Å². The maximum atomic E-state index is 12.5. The Morgan fingerprint density at radius 3 is 2.42 bits per heavy atom. The van der Waals surface area contributed by atoms with Gasteiger partial charge in [-0.05, 0) is 36.5 Å². The van der Waals surface area contributed by atoms with Crippen LogP contribution < -0.4 is 0 Å². The van der Waals surface area contributed by atoms with Crippen molar-refractivity contribution < 1.29 is 9.53 Å². The van der Waals surface area contributed by atoms with Crippen LogP contribution in [-0.2, 0) is 11.3 Å². The highest BCUT2D eigenvalue weighted by Gasteiger charge is 2.33. The molecule has 1 aliphatic rings. The van der Waals surface area contributed by atoms with Crippen LogP contribution in [0.25, 0.3) is 0 Å². The van der Waals surface area contributed by atoms with Gasteiger partial charge in [-0.1, -0.05) is 26.0 Å². The number of benzene rings is 1. The van der Waals surface area contributed by atoms with Gasteiger partial charge in [-0.2, -0.15) is 0 Å². The van der Waals surface area contributed by atoms with Crippen molar-refractivity contribution in [3.05, 3.63) is 35.4 Å². The largest absolute Gasteiger partial charge is 0.380 e. The minimum absolute atomic E-state index is 0.167. The zero-order valence-corrected chi connectivity index (χ0v) is 12.1. The smallest absolute Gasteiger partial charge is 0.254 e. The van der Waals surface area contributed by atoms with Gasteiger partial charge in [-0.25, -0.2) is 0 Å². The van der Waals surface area contributed by atoms with Crippen LogP contribution in [0.2, 0.25) is 0 Å². The number of carbonyl (C=O) groups is 1. The molecule has 0 unspecified atom stereocenters. The molecule has 1 aromatic carbocycles. The highest BCUT2D eigenvalue weighted by atomic mass is 16.5. The van der Waals surface area contributed by atoms with Crippen molar-refractivity contribution in [2.75, 3.05) is 13.7 Å². The Bertz CT molecular complexity index is 421. The first-order valence-corrected chi connectivity index (χ1v) is 7.00. The van der Waals surface area contributed by atoms with Crippen molar-refractivity contribution in [2.45, 2.75) is 39.3 Å². The van der Waals surface area contributed by atoms with E-state index in [1.54, 1.807) is 7.11 Å². The molecular weight excluding hydrogens is 238 g/mol. The van der Waals surface area contributed by atoms with Crippen LogP contribution in [0.5, 0.6) is 0 Å². The van der Waals surface area contributed by atoms with Gasteiger partial charge in [0.1, 0.15) is 0 Å². The first-order valence-electron chi connectivity index (χ1n) is 7.00. The van der Waals surface area contributed by atoms with Gasteiger partial charge in [-0.15, -0.1) is 0 Å². The Kier molecular flexibility index (Phi) is 4.59. The number of hydrogen-bond acceptors (Lipinski definition) is 2. The molecule has 1 fully saturated rings.